The van der Waals surface area contributed by atoms with Crippen LogP contribution in [-0.4, -0.2) is 64.4 Å². The van der Waals surface area contributed by atoms with Crippen LogP contribution in [0.3, 0.4) is 0 Å². The SMILES string of the molecule is CN(CC(=O)N1CCCC1)C(=O)c1ncccc1C(=O)O. The molecule has 1 N–H and O–H groups in total. The number of pyridine rings is 1. The van der Waals surface area contributed by atoms with Gasteiger partial charge >= 0.3 is 5.97 Å². The van der Waals surface area contributed by atoms with Crippen molar-refractivity contribution in [3.05, 3.63) is 29.6 Å². The minimum absolute atomic E-state index is 0.0749. The Kier molecular flexibility index (Phi) is 4.52. The lowest BCUT2D eigenvalue weighted by Gasteiger charge is -2.21. The summed E-state index contributed by atoms with van der Waals surface area (Å²) in [5, 5.41) is 9.06. The van der Waals surface area contributed by atoms with E-state index in [2.05, 4.69) is 4.98 Å². The van der Waals surface area contributed by atoms with Crippen LogP contribution in [0.15, 0.2) is 18.3 Å². The van der Waals surface area contributed by atoms with Crippen molar-refractivity contribution in [1.82, 2.24) is 14.8 Å². The fourth-order valence-corrected chi connectivity index (χ4v) is 2.27. The van der Waals surface area contributed by atoms with Gasteiger partial charge in [-0.3, -0.25) is 14.6 Å². The Balaban J connectivity index is 2.09. The van der Waals surface area contributed by atoms with Crippen LogP contribution in [-0.2, 0) is 4.79 Å². The van der Waals surface area contributed by atoms with Crippen molar-refractivity contribution in [2.45, 2.75) is 12.8 Å². The number of nitrogens with zero attached hydrogens (tertiary/aromatic N) is 3. The molecule has 0 unspecified atom stereocenters. The number of hydrogen-bond acceptors (Lipinski definition) is 4. The molecule has 1 fully saturated rings. The summed E-state index contributed by atoms with van der Waals surface area (Å²) < 4.78 is 0. The number of likely N-dealkylation sites (N-methyl/N-ethyl adjacent to an activating group) is 1. The molecule has 0 aliphatic carbocycles. The van der Waals surface area contributed by atoms with Gasteiger partial charge in [0.1, 0.15) is 5.69 Å². The third-order valence-electron chi connectivity index (χ3n) is 3.42. The number of carboxylic acids is 1. The molecule has 2 rings (SSSR count). The molecule has 21 heavy (non-hydrogen) atoms. The van der Waals surface area contributed by atoms with Gasteiger partial charge in [0, 0.05) is 26.3 Å². The largest absolute Gasteiger partial charge is 0.478 e. The van der Waals surface area contributed by atoms with Crippen LogP contribution in [0.1, 0.15) is 33.7 Å². The van der Waals surface area contributed by atoms with Crippen molar-refractivity contribution in [3.63, 3.8) is 0 Å². The predicted octanol–water partition coefficient (Wildman–Crippen LogP) is 0.474. The van der Waals surface area contributed by atoms with Crippen LogP contribution in [0.4, 0.5) is 0 Å². The second-order valence-corrected chi connectivity index (χ2v) is 4.95. The summed E-state index contributed by atoms with van der Waals surface area (Å²) in [5.41, 5.74) is -0.315. The Bertz CT molecular complexity index is 567. The molecular weight excluding hydrogens is 274 g/mol. The number of rotatable bonds is 4. The first kappa shape index (κ1) is 15.0. The van der Waals surface area contributed by atoms with Crippen molar-refractivity contribution in [3.8, 4) is 0 Å². The third-order valence-corrected chi connectivity index (χ3v) is 3.42. The summed E-state index contributed by atoms with van der Waals surface area (Å²) in [4.78, 5) is 42.1. The minimum atomic E-state index is -1.22. The van der Waals surface area contributed by atoms with E-state index in [4.69, 9.17) is 5.11 Å². The molecule has 0 saturated carbocycles. The van der Waals surface area contributed by atoms with E-state index >= 15 is 0 Å². The number of aromatic carboxylic acids is 1. The van der Waals surface area contributed by atoms with Crippen LogP contribution in [0.25, 0.3) is 0 Å². The van der Waals surface area contributed by atoms with Crippen LogP contribution in [0.2, 0.25) is 0 Å². The summed E-state index contributed by atoms with van der Waals surface area (Å²) in [6.07, 6.45) is 3.31. The monoisotopic (exact) mass is 291 g/mol. The average molecular weight is 291 g/mol. The molecule has 0 radical (unpaired) electrons. The van der Waals surface area contributed by atoms with Gasteiger partial charge in [0.05, 0.1) is 12.1 Å². The highest BCUT2D eigenvalue weighted by Crippen LogP contribution is 2.11. The molecule has 2 heterocycles. The van der Waals surface area contributed by atoms with Crippen molar-refractivity contribution in [2.75, 3.05) is 26.7 Å². The lowest BCUT2D eigenvalue weighted by atomic mass is 10.2. The number of hydrogen-bond donors (Lipinski definition) is 1. The molecular formula is C14H17N3O4. The van der Waals surface area contributed by atoms with Crippen molar-refractivity contribution >= 4 is 17.8 Å². The van der Waals surface area contributed by atoms with Gasteiger partial charge in [0.25, 0.3) is 5.91 Å². The molecule has 1 aliphatic heterocycles. The highest BCUT2D eigenvalue weighted by molar-refractivity contribution is 6.04. The fraction of sp³-hybridized carbons (Fsp3) is 0.429. The number of aromatic nitrogens is 1. The Morgan fingerprint density at radius 3 is 2.62 bits per heavy atom. The maximum absolute atomic E-state index is 12.2. The molecule has 2 amide bonds. The lowest BCUT2D eigenvalue weighted by molar-refractivity contribution is -0.130. The molecule has 1 aliphatic rings. The van der Waals surface area contributed by atoms with Gasteiger partial charge in [-0.15, -0.1) is 0 Å². The zero-order valence-electron chi connectivity index (χ0n) is 11.8. The molecule has 7 nitrogen and oxygen atoms in total. The smallest absolute Gasteiger partial charge is 0.338 e. The molecule has 1 aromatic rings. The summed E-state index contributed by atoms with van der Waals surface area (Å²) >= 11 is 0. The highest BCUT2D eigenvalue weighted by Gasteiger charge is 2.25. The summed E-state index contributed by atoms with van der Waals surface area (Å²) in [6, 6.07) is 2.77. The maximum atomic E-state index is 12.2. The van der Waals surface area contributed by atoms with E-state index in [-0.39, 0.29) is 23.7 Å². The van der Waals surface area contributed by atoms with Crippen molar-refractivity contribution in [2.24, 2.45) is 0 Å². The van der Waals surface area contributed by atoms with Crippen molar-refractivity contribution in [1.29, 1.82) is 0 Å². The summed E-state index contributed by atoms with van der Waals surface area (Å²) in [5.74, 6) is -1.91. The van der Waals surface area contributed by atoms with E-state index in [1.807, 2.05) is 0 Å². The first-order valence-corrected chi connectivity index (χ1v) is 6.72. The Morgan fingerprint density at radius 1 is 1.33 bits per heavy atom. The highest BCUT2D eigenvalue weighted by atomic mass is 16.4. The zero-order valence-corrected chi connectivity index (χ0v) is 11.8. The molecule has 0 aromatic carbocycles. The van der Waals surface area contributed by atoms with Crippen LogP contribution in [0, 0.1) is 0 Å². The number of carbonyl (C=O) groups excluding carboxylic acids is 2. The quantitative estimate of drug-likeness (QED) is 0.871. The normalized spacial score (nSPS) is 14.0. The van der Waals surface area contributed by atoms with Crippen LogP contribution >= 0.6 is 0 Å². The van der Waals surface area contributed by atoms with E-state index < -0.39 is 11.9 Å². The number of carbonyl (C=O) groups is 3. The van der Waals surface area contributed by atoms with Gasteiger partial charge in [-0.05, 0) is 25.0 Å². The fourth-order valence-electron chi connectivity index (χ4n) is 2.27. The average Bonchev–Trinajstić information content (AvgIpc) is 3.00. The summed E-state index contributed by atoms with van der Waals surface area (Å²) in [6.45, 7) is 1.35. The Hall–Kier alpha value is -2.44. The Morgan fingerprint density at radius 2 is 2.00 bits per heavy atom. The second-order valence-electron chi connectivity index (χ2n) is 4.95. The maximum Gasteiger partial charge on any atom is 0.338 e. The lowest BCUT2D eigenvalue weighted by Crippen LogP contribution is -2.40. The topological polar surface area (TPSA) is 90.8 Å². The molecule has 1 saturated heterocycles. The van der Waals surface area contributed by atoms with Crippen molar-refractivity contribution < 1.29 is 19.5 Å². The zero-order chi connectivity index (χ0) is 15.4. The van der Waals surface area contributed by atoms with Gasteiger partial charge in [-0.25, -0.2) is 4.79 Å². The van der Waals surface area contributed by atoms with Gasteiger partial charge in [-0.2, -0.15) is 0 Å². The summed E-state index contributed by atoms with van der Waals surface area (Å²) in [7, 11) is 1.47. The second kappa shape index (κ2) is 6.34. The molecule has 0 spiro atoms. The molecule has 1 aromatic heterocycles. The Labute approximate surface area is 122 Å². The van der Waals surface area contributed by atoms with E-state index in [0.29, 0.717) is 13.1 Å². The first-order valence-electron chi connectivity index (χ1n) is 6.72. The van der Waals surface area contributed by atoms with Gasteiger partial charge < -0.3 is 14.9 Å². The number of carboxylic acid groups (broad SMARTS) is 1. The predicted molar refractivity (Wildman–Crippen MR) is 74.0 cm³/mol. The number of amides is 2. The molecule has 112 valence electrons. The third kappa shape index (κ3) is 3.36. The van der Waals surface area contributed by atoms with Crippen LogP contribution < -0.4 is 0 Å². The minimum Gasteiger partial charge on any atom is -0.478 e. The van der Waals surface area contributed by atoms with Gasteiger partial charge in [0.15, 0.2) is 0 Å². The van der Waals surface area contributed by atoms with E-state index in [9.17, 15) is 14.4 Å². The van der Waals surface area contributed by atoms with E-state index in [1.165, 1.54) is 30.3 Å². The molecule has 0 atom stereocenters. The standard InChI is InChI=1S/C14H17N3O4/c1-16(9-11(18)17-7-2-3-8-17)13(19)12-10(14(20)21)5-4-6-15-12/h4-6H,2-3,7-9H2,1H3,(H,20,21). The van der Waals surface area contributed by atoms with Gasteiger partial charge in [-0.1, -0.05) is 0 Å². The number of likely N-dealkylation sites (tertiary alicyclic amines) is 1. The van der Waals surface area contributed by atoms with E-state index in [0.717, 1.165) is 12.8 Å². The first-order chi connectivity index (χ1) is 10.0. The molecule has 7 heteroatoms. The molecule has 0 bridgehead atoms. The van der Waals surface area contributed by atoms with E-state index in [1.54, 1.807) is 4.90 Å². The van der Waals surface area contributed by atoms with Crippen LogP contribution in [0.5, 0.6) is 0 Å². The van der Waals surface area contributed by atoms with Gasteiger partial charge in [0.2, 0.25) is 5.91 Å².